The monoisotopic (exact) mass is 302 g/mol. The standard InChI is InChI=1S/C12H19ClN4O3/c1-5-12(3,10(18)19)15-11(20)14-6-8-7(2)16-17(4)9(8)13/h5-6H2,1-4H3,(H,18,19)(H2,14,15,20). The molecule has 0 aliphatic heterocycles. The van der Waals surface area contributed by atoms with Crippen molar-refractivity contribution in [3.8, 4) is 0 Å². The van der Waals surface area contributed by atoms with Crippen molar-refractivity contribution in [1.29, 1.82) is 0 Å². The summed E-state index contributed by atoms with van der Waals surface area (Å²) in [5.74, 6) is -1.08. The summed E-state index contributed by atoms with van der Waals surface area (Å²) < 4.78 is 1.51. The molecule has 1 aromatic rings. The van der Waals surface area contributed by atoms with Crippen LogP contribution < -0.4 is 10.6 Å². The van der Waals surface area contributed by atoms with E-state index in [-0.39, 0.29) is 13.0 Å². The van der Waals surface area contributed by atoms with Crippen LogP contribution >= 0.6 is 11.6 Å². The molecule has 1 rings (SSSR count). The van der Waals surface area contributed by atoms with Crippen molar-refractivity contribution in [2.24, 2.45) is 7.05 Å². The topological polar surface area (TPSA) is 96.3 Å². The molecule has 1 aromatic heterocycles. The SMILES string of the molecule is CCC(C)(NC(=O)NCc1c(C)nn(C)c1Cl)C(=O)O. The Labute approximate surface area is 122 Å². The first-order valence-electron chi connectivity index (χ1n) is 6.18. The fraction of sp³-hybridized carbons (Fsp3) is 0.583. The lowest BCUT2D eigenvalue weighted by Gasteiger charge is -2.24. The zero-order chi connectivity index (χ0) is 15.5. The molecule has 1 unspecified atom stereocenters. The summed E-state index contributed by atoms with van der Waals surface area (Å²) in [6.45, 7) is 5.12. The molecule has 1 atom stereocenters. The van der Waals surface area contributed by atoms with Gasteiger partial charge in [0.15, 0.2) is 0 Å². The molecule has 0 bridgehead atoms. The van der Waals surface area contributed by atoms with Crippen LogP contribution in [0, 0.1) is 6.92 Å². The Morgan fingerprint density at radius 3 is 2.50 bits per heavy atom. The highest BCUT2D eigenvalue weighted by atomic mass is 35.5. The van der Waals surface area contributed by atoms with Crippen LogP contribution in [0.1, 0.15) is 31.5 Å². The van der Waals surface area contributed by atoms with Crippen LogP contribution in [0.2, 0.25) is 5.15 Å². The van der Waals surface area contributed by atoms with E-state index >= 15 is 0 Å². The molecule has 0 radical (unpaired) electrons. The van der Waals surface area contributed by atoms with Gasteiger partial charge >= 0.3 is 12.0 Å². The maximum Gasteiger partial charge on any atom is 0.329 e. The van der Waals surface area contributed by atoms with Gasteiger partial charge in [0, 0.05) is 19.2 Å². The zero-order valence-corrected chi connectivity index (χ0v) is 12.7. The maximum absolute atomic E-state index is 11.8. The lowest BCUT2D eigenvalue weighted by molar-refractivity contribution is -0.143. The van der Waals surface area contributed by atoms with Crippen LogP contribution in [-0.4, -0.2) is 32.4 Å². The van der Waals surface area contributed by atoms with Gasteiger partial charge in [-0.2, -0.15) is 5.10 Å². The van der Waals surface area contributed by atoms with E-state index in [2.05, 4.69) is 15.7 Å². The number of aromatic nitrogens is 2. The summed E-state index contributed by atoms with van der Waals surface area (Å²) in [5.41, 5.74) is 0.129. The maximum atomic E-state index is 11.8. The number of carboxylic acid groups (broad SMARTS) is 1. The van der Waals surface area contributed by atoms with Gasteiger partial charge in [0.2, 0.25) is 0 Å². The number of aryl methyl sites for hydroxylation is 2. The largest absolute Gasteiger partial charge is 0.480 e. The average molecular weight is 303 g/mol. The Bertz CT molecular complexity index is 529. The summed E-state index contributed by atoms with van der Waals surface area (Å²) in [6.07, 6.45) is 0.280. The molecule has 3 N–H and O–H groups in total. The van der Waals surface area contributed by atoms with Crippen molar-refractivity contribution in [2.75, 3.05) is 0 Å². The molecule has 0 aliphatic rings. The molecule has 8 heteroatoms. The molecule has 0 saturated heterocycles. The molecule has 0 fully saturated rings. The predicted octanol–water partition coefficient (Wildman–Crippen LogP) is 1.43. The van der Waals surface area contributed by atoms with E-state index < -0.39 is 17.5 Å². The van der Waals surface area contributed by atoms with Crippen LogP contribution in [0.5, 0.6) is 0 Å². The molecule has 2 amide bonds. The third kappa shape index (κ3) is 3.41. The van der Waals surface area contributed by atoms with Crippen molar-refractivity contribution in [3.05, 3.63) is 16.4 Å². The number of carbonyl (C=O) groups excluding carboxylic acids is 1. The van der Waals surface area contributed by atoms with Gasteiger partial charge < -0.3 is 15.7 Å². The van der Waals surface area contributed by atoms with E-state index in [4.69, 9.17) is 16.7 Å². The van der Waals surface area contributed by atoms with E-state index in [1.165, 1.54) is 11.6 Å². The second-order valence-electron chi connectivity index (χ2n) is 4.78. The highest BCUT2D eigenvalue weighted by Gasteiger charge is 2.32. The number of hydrogen-bond donors (Lipinski definition) is 3. The number of amides is 2. The quantitative estimate of drug-likeness (QED) is 0.766. The van der Waals surface area contributed by atoms with Crippen molar-refractivity contribution in [2.45, 2.75) is 39.3 Å². The Balaban J connectivity index is 2.66. The summed E-state index contributed by atoms with van der Waals surface area (Å²) in [7, 11) is 1.71. The van der Waals surface area contributed by atoms with Gasteiger partial charge in [0.25, 0.3) is 0 Å². The Kier molecular flexibility index (Phi) is 4.99. The molecule has 0 saturated carbocycles. The fourth-order valence-electron chi connectivity index (χ4n) is 1.63. The van der Waals surface area contributed by atoms with Crippen LogP contribution in [0.25, 0.3) is 0 Å². The fourth-order valence-corrected chi connectivity index (χ4v) is 1.87. The Hall–Kier alpha value is -1.76. The predicted molar refractivity (Wildman–Crippen MR) is 74.7 cm³/mol. The van der Waals surface area contributed by atoms with Crippen molar-refractivity contribution < 1.29 is 14.7 Å². The Morgan fingerprint density at radius 2 is 2.10 bits per heavy atom. The van der Waals surface area contributed by atoms with Crippen molar-refractivity contribution in [1.82, 2.24) is 20.4 Å². The molecule has 112 valence electrons. The number of rotatable bonds is 5. The molecule has 0 spiro atoms. The smallest absolute Gasteiger partial charge is 0.329 e. The van der Waals surface area contributed by atoms with Crippen molar-refractivity contribution >= 4 is 23.6 Å². The number of nitrogens with zero attached hydrogens (tertiary/aromatic N) is 2. The highest BCUT2D eigenvalue weighted by molar-refractivity contribution is 6.30. The normalized spacial score (nSPS) is 13.7. The number of nitrogens with one attached hydrogen (secondary N) is 2. The number of urea groups is 1. The Morgan fingerprint density at radius 1 is 1.50 bits per heavy atom. The molecule has 7 nitrogen and oxygen atoms in total. The summed E-state index contributed by atoms with van der Waals surface area (Å²) in [4.78, 5) is 22.9. The lowest BCUT2D eigenvalue weighted by Crippen LogP contribution is -2.54. The lowest BCUT2D eigenvalue weighted by atomic mass is 10.00. The number of aliphatic carboxylic acids is 1. The zero-order valence-electron chi connectivity index (χ0n) is 12.0. The number of hydrogen-bond acceptors (Lipinski definition) is 3. The minimum absolute atomic E-state index is 0.184. The number of carbonyl (C=O) groups is 2. The van der Waals surface area contributed by atoms with E-state index in [0.717, 1.165) is 0 Å². The first-order chi connectivity index (χ1) is 9.21. The van der Waals surface area contributed by atoms with Crippen LogP contribution in [-0.2, 0) is 18.4 Å². The third-order valence-electron chi connectivity index (χ3n) is 3.26. The van der Waals surface area contributed by atoms with Gasteiger partial charge in [-0.1, -0.05) is 18.5 Å². The molecule has 0 aromatic carbocycles. The molecule has 1 heterocycles. The number of carboxylic acids is 1. The summed E-state index contributed by atoms with van der Waals surface area (Å²) in [5, 5.41) is 18.7. The van der Waals surface area contributed by atoms with Crippen LogP contribution in [0.3, 0.4) is 0 Å². The second kappa shape index (κ2) is 6.13. The molecule has 0 aliphatic carbocycles. The van der Waals surface area contributed by atoms with Crippen LogP contribution in [0.15, 0.2) is 0 Å². The van der Waals surface area contributed by atoms with E-state index in [0.29, 0.717) is 16.4 Å². The molecule has 20 heavy (non-hydrogen) atoms. The van der Waals surface area contributed by atoms with E-state index in [1.54, 1.807) is 20.9 Å². The molecular weight excluding hydrogens is 284 g/mol. The molecular formula is C12H19ClN4O3. The second-order valence-corrected chi connectivity index (χ2v) is 5.13. The van der Waals surface area contributed by atoms with Crippen LogP contribution in [0.4, 0.5) is 4.79 Å². The van der Waals surface area contributed by atoms with Gasteiger partial charge in [0.1, 0.15) is 10.7 Å². The van der Waals surface area contributed by atoms with Gasteiger partial charge in [-0.3, -0.25) is 4.68 Å². The summed E-state index contributed by atoms with van der Waals surface area (Å²) >= 11 is 6.04. The highest BCUT2D eigenvalue weighted by Crippen LogP contribution is 2.18. The van der Waals surface area contributed by atoms with Gasteiger partial charge in [-0.05, 0) is 20.3 Å². The minimum atomic E-state index is -1.29. The number of halogens is 1. The average Bonchev–Trinajstić information content (AvgIpc) is 2.61. The van der Waals surface area contributed by atoms with Gasteiger partial charge in [0.05, 0.1) is 5.69 Å². The first-order valence-corrected chi connectivity index (χ1v) is 6.56. The van der Waals surface area contributed by atoms with E-state index in [1.807, 2.05) is 0 Å². The third-order valence-corrected chi connectivity index (χ3v) is 3.74. The first kappa shape index (κ1) is 16.3. The van der Waals surface area contributed by atoms with E-state index in [9.17, 15) is 9.59 Å². The minimum Gasteiger partial charge on any atom is -0.480 e. The van der Waals surface area contributed by atoms with Gasteiger partial charge in [-0.15, -0.1) is 0 Å². The summed E-state index contributed by atoms with van der Waals surface area (Å²) in [6, 6.07) is -0.559. The van der Waals surface area contributed by atoms with Gasteiger partial charge in [-0.25, -0.2) is 9.59 Å². The van der Waals surface area contributed by atoms with Crippen molar-refractivity contribution in [3.63, 3.8) is 0 Å².